The van der Waals surface area contributed by atoms with E-state index >= 15 is 0 Å². The molecule has 0 aromatic heterocycles. The molecule has 1 fully saturated rings. The zero-order valence-corrected chi connectivity index (χ0v) is 5.67. The number of hydrogen-bond donors (Lipinski definition) is 0. The maximum atomic E-state index is 4.31. The van der Waals surface area contributed by atoms with Crippen molar-refractivity contribution >= 4 is 0 Å². The van der Waals surface area contributed by atoms with Crippen LogP contribution in [0.15, 0.2) is 11.6 Å². The Balaban J connectivity index is 2.19. The molecule has 9 heavy (non-hydrogen) atoms. The van der Waals surface area contributed by atoms with Crippen LogP contribution in [-0.2, 0) is 0 Å². The van der Waals surface area contributed by atoms with Crippen LogP contribution in [-0.4, -0.2) is 37.6 Å². The van der Waals surface area contributed by atoms with Crippen LogP contribution in [0.4, 0.5) is 0 Å². The van der Waals surface area contributed by atoms with Crippen molar-refractivity contribution in [3.63, 3.8) is 0 Å². The molecule has 0 N–H and O–H groups in total. The smallest absolute Gasteiger partial charge is 0.0462 e. The van der Waals surface area contributed by atoms with Gasteiger partial charge in [0.25, 0.3) is 0 Å². The van der Waals surface area contributed by atoms with Gasteiger partial charge in [-0.25, -0.2) is 5.32 Å². The Kier molecular flexibility index (Phi) is 1.10. The fourth-order valence-corrected chi connectivity index (χ4v) is 1.55. The van der Waals surface area contributed by atoms with Crippen molar-refractivity contribution < 1.29 is 0 Å². The molecule has 1 saturated heterocycles. The molecule has 2 heteroatoms. The van der Waals surface area contributed by atoms with Gasteiger partial charge in [0.15, 0.2) is 0 Å². The maximum Gasteiger partial charge on any atom is 0.0462 e. The molecule has 2 nitrogen and oxygen atoms in total. The van der Waals surface area contributed by atoms with Gasteiger partial charge in [0.1, 0.15) is 0 Å². The summed E-state index contributed by atoms with van der Waals surface area (Å²) >= 11 is 0. The number of likely N-dealkylation sites (N-methyl/N-ethyl adjacent to an activating group) is 1. The highest BCUT2D eigenvalue weighted by molar-refractivity contribution is 5.23. The van der Waals surface area contributed by atoms with Crippen molar-refractivity contribution in [1.29, 1.82) is 0 Å². The van der Waals surface area contributed by atoms with Gasteiger partial charge < -0.3 is 0 Å². The largest absolute Gasteiger partial charge is 0.295 e. The third-order valence-corrected chi connectivity index (χ3v) is 2.20. The lowest BCUT2D eigenvalue weighted by Crippen LogP contribution is -2.28. The molecule has 1 atom stereocenters. The summed E-state index contributed by atoms with van der Waals surface area (Å²) in [5.74, 6) is 0. The molecule has 0 spiro atoms. The zero-order valence-electron chi connectivity index (χ0n) is 5.67. The fourth-order valence-electron chi connectivity index (χ4n) is 1.55. The lowest BCUT2D eigenvalue weighted by atomic mass is 10.2. The zero-order chi connectivity index (χ0) is 6.27. The minimum atomic E-state index is 0.671. The summed E-state index contributed by atoms with van der Waals surface area (Å²) in [4.78, 5) is 2.35. The van der Waals surface area contributed by atoms with Gasteiger partial charge in [-0.05, 0) is 12.6 Å². The van der Waals surface area contributed by atoms with Gasteiger partial charge in [0.05, 0.1) is 0 Å². The Bertz CT molecular complexity index is 151. The second-order valence-corrected chi connectivity index (χ2v) is 2.80. The standard InChI is InChI=1S/C7H11N2/c1-9-3-2-6-4-8-5-7(6)9/h2,7H,3-5H2,1H3. The van der Waals surface area contributed by atoms with Crippen molar-refractivity contribution in [2.45, 2.75) is 6.04 Å². The van der Waals surface area contributed by atoms with Crippen molar-refractivity contribution in [2.75, 3.05) is 26.7 Å². The molecule has 0 bridgehead atoms. The molecule has 0 aliphatic carbocycles. The first-order chi connectivity index (χ1) is 4.38. The highest BCUT2D eigenvalue weighted by atomic mass is 15.2. The minimum absolute atomic E-state index is 0.671. The van der Waals surface area contributed by atoms with Gasteiger partial charge in [-0.2, -0.15) is 0 Å². The van der Waals surface area contributed by atoms with Crippen LogP contribution >= 0.6 is 0 Å². The van der Waals surface area contributed by atoms with E-state index in [2.05, 4.69) is 23.3 Å². The number of hydrogen-bond acceptors (Lipinski definition) is 1. The summed E-state index contributed by atoms with van der Waals surface area (Å²) in [5, 5.41) is 4.31. The second kappa shape index (κ2) is 1.82. The SMILES string of the molecule is CN1CC=C2C[N]CC21. The predicted molar refractivity (Wildman–Crippen MR) is 36.4 cm³/mol. The van der Waals surface area contributed by atoms with Crippen molar-refractivity contribution in [3.8, 4) is 0 Å². The van der Waals surface area contributed by atoms with E-state index < -0.39 is 0 Å². The third kappa shape index (κ3) is 0.705. The number of nitrogens with zero attached hydrogens (tertiary/aromatic N) is 2. The summed E-state index contributed by atoms with van der Waals surface area (Å²) in [7, 11) is 2.16. The molecule has 0 aromatic carbocycles. The molecule has 49 valence electrons. The Labute approximate surface area is 55.5 Å². The lowest BCUT2D eigenvalue weighted by Gasteiger charge is -2.15. The van der Waals surface area contributed by atoms with E-state index in [0.717, 1.165) is 19.6 Å². The molecule has 0 amide bonds. The quantitative estimate of drug-likeness (QED) is 0.409. The van der Waals surface area contributed by atoms with Gasteiger partial charge in [-0.3, -0.25) is 4.90 Å². The average molecular weight is 123 g/mol. The number of rotatable bonds is 0. The molecule has 2 aliphatic rings. The molecule has 1 radical (unpaired) electrons. The summed E-state index contributed by atoms with van der Waals surface area (Å²) in [5.41, 5.74) is 1.54. The van der Waals surface area contributed by atoms with E-state index in [4.69, 9.17) is 0 Å². The van der Waals surface area contributed by atoms with E-state index in [1.54, 1.807) is 0 Å². The van der Waals surface area contributed by atoms with Crippen molar-refractivity contribution in [3.05, 3.63) is 11.6 Å². The van der Waals surface area contributed by atoms with Gasteiger partial charge in [0.2, 0.25) is 0 Å². The maximum absolute atomic E-state index is 4.31. The van der Waals surface area contributed by atoms with Crippen molar-refractivity contribution in [2.24, 2.45) is 0 Å². The molecule has 0 aromatic rings. The van der Waals surface area contributed by atoms with Gasteiger partial charge in [-0.15, -0.1) is 0 Å². The van der Waals surface area contributed by atoms with Gasteiger partial charge in [-0.1, -0.05) is 6.08 Å². The van der Waals surface area contributed by atoms with E-state index in [1.165, 1.54) is 5.57 Å². The van der Waals surface area contributed by atoms with E-state index in [1.807, 2.05) is 0 Å². The molecule has 0 saturated carbocycles. The van der Waals surface area contributed by atoms with E-state index in [0.29, 0.717) is 6.04 Å². The van der Waals surface area contributed by atoms with Crippen LogP contribution in [0.25, 0.3) is 0 Å². The highest BCUT2D eigenvalue weighted by Crippen LogP contribution is 2.19. The molecule has 2 heterocycles. The first-order valence-corrected chi connectivity index (χ1v) is 3.40. The second-order valence-electron chi connectivity index (χ2n) is 2.80. The highest BCUT2D eigenvalue weighted by Gasteiger charge is 2.28. The van der Waals surface area contributed by atoms with Gasteiger partial charge in [0, 0.05) is 25.7 Å². The molecular formula is C7H11N2. The minimum Gasteiger partial charge on any atom is -0.295 e. The summed E-state index contributed by atoms with van der Waals surface area (Å²) < 4.78 is 0. The van der Waals surface area contributed by atoms with Crippen LogP contribution in [0, 0.1) is 0 Å². The van der Waals surface area contributed by atoms with E-state index in [-0.39, 0.29) is 0 Å². The molecule has 1 unspecified atom stereocenters. The Morgan fingerprint density at radius 1 is 1.78 bits per heavy atom. The lowest BCUT2D eigenvalue weighted by molar-refractivity contribution is 0.336. The molecular weight excluding hydrogens is 112 g/mol. The summed E-state index contributed by atoms with van der Waals surface area (Å²) in [6, 6.07) is 0.671. The molecule has 2 aliphatic heterocycles. The van der Waals surface area contributed by atoms with Crippen LogP contribution in [0.5, 0.6) is 0 Å². The van der Waals surface area contributed by atoms with E-state index in [9.17, 15) is 0 Å². The summed E-state index contributed by atoms with van der Waals surface area (Å²) in [6.45, 7) is 3.16. The van der Waals surface area contributed by atoms with Crippen LogP contribution in [0.3, 0.4) is 0 Å². The molecule has 2 rings (SSSR count). The van der Waals surface area contributed by atoms with Crippen LogP contribution in [0.1, 0.15) is 0 Å². The Morgan fingerprint density at radius 2 is 2.67 bits per heavy atom. The Morgan fingerprint density at radius 3 is 3.44 bits per heavy atom. The Hall–Kier alpha value is -0.340. The topological polar surface area (TPSA) is 17.3 Å². The first-order valence-electron chi connectivity index (χ1n) is 3.40. The first kappa shape index (κ1) is 5.45. The predicted octanol–water partition coefficient (Wildman–Crippen LogP) is -0.155. The van der Waals surface area contributed by atoms with Gasteiger partial charge >= 0.3 is 0 Å². The number of fused-ring (bicyclic) bond motifs is 1. The van der Waals surface area contributed by atoms with Crippen LogP contribution < -0.4 is 5.32 Å². The third-order valence-electron chi connectivity index (χ3n) is 2.20. The monoisotopic (exact) mass is 123 g/mol. The fraction of sp³-hybridized carbons (Fsp3) is 0.714. The summed E-state index contributed by atoms with van der Waals surface area (Å²) in [6.07, 6.45) is 2.31. The average Bonchev–Trinajstić information content (AvgIpc) is 2.35. The van der Waals surface area contributed by atoms with Crippen LogP contribution in [0.2, 0.25) is 0 Å². The normalized spacial score (nSPS) is 34.8. The van der Waals surface area contributed by atoms with Crippen molar-refractivity contribution in [1.82, 2.24) is 10.2 Å².